The molecule has 2 aromatic carbocycles. The Morgan fingerprint density at radius 1 is 0.623 bits per heavy atom. The van der Waals surface area contributed by atoms with Crippen molar-refractivity contribution in [2.24, 2.45) is 0 Å². The van der Waals surface area contributed by atoms with E-state index in [0.29, 0.717) is 6.42 Å². The average molecular weight is 817 g/mol. The monoisotopic (exact) mass is 816 g/mol. The maximum absolute atomic E-state index is 14.3. The van der Waals surface area contributed by atoms with Crippen molar-refractivity contribution in [1.29, 1.82) is 0 Å². The van der Waals surface area contributed by atoms with Crippen LogP contribution >= 0.6 is 11.8 Å². The van der Waals surface area contributed by atoms with Gasteiger partial charge >= 0.3 is 53.6 Å². The largest absolute Gasteiger partial charge is 0.461 e. The smallest absolute Gasteiger partial charge is 0.460 e. The van der Waals surface area contributed by atoms with Crippen LogP contribution in [0.4, 0.5) is 74.6 Å². The topological polar surface area (TPSA) is 26.3 Å². The van der Waals surface area contributed by atoms with Crippen LogP contribution in [-0.4, -0.2) is 58.9 Å². The normalized spacial score (nSPS) is 15.0. The fraction of sp³-hybridized carbons (Fsp3) is 0.606. The third kappa shape index (κ3) is 9.31. The maximum Gasteiger partial charge on any atom is 0.460 e. The van der Waals surface area contributed by atoms with Gasteiger partial charge in [0.05, 0.1) is 6.42 Å². The zero-order valence-electron chi connectivity index (χ0n) is 28.1. The van der Waals surface area contributed by atoms with E-state index in [-0.39, 0.29) is 29.3 Å². The molecular weight excluding hydrogens is 783 g/mol. The summed E-state index contributed by atoms with van der Waals surface area (Å²) in [6.07, 6.45) is -10.4. The Hall–Kier alpha value is -2.93. The lowest BCUT2D eigenvalue weighted by molar-refractivity contribution is -0.461. The Morgan fingerprint density at radius 2 is 1.06 bits per heavy atom. The van der Waals surface area contributed by atoms with Gasteiger partial charge in [-0.3, -0.25) is 4.79 Å². The van der Waals surface area contributed by atoms with Gasteiger partial charge in [-0.1, -0.05) is 70.5 Å². The van der Waals surface area contributed by atoms with Gasteiger partial charge in [-0.15, -0.1) is 11.8 Å². The summed E-state index contributed by atoms with van der Waals surface area (Å²) in [7, 11) is 0. The van der Waals surface area contributed by atoms with Gasteiger partial charge in [0.25, 0.3) is 0 Å². The SMILES string of the molecule is CCCC(CC(=O)OCc1ccc(CCC(F)(F)C(F)(F)C(F)(F)C(F)(F)C(F)(F)C(F)(F)C(F)(F)C(F)(F)F)cc1)Sc1ccc(C(C)(C)C)cc1. The van der Waals surface area contributed by atoms with Gasteiger partial charge in [-0.05, 0) is 47.1 Å². The van der Waals surface area contributed by atoms with Gasteiger partial charge in [0, 0.05) is 16.6 Å². The number of thioether (sulfide) groups is 1. The summed E-state index contributed by atoms with van der Waals surface area (Å²) in [6.45, 7) is 7.67. The number of rotatable bonds is 17. The number of esters is 1. The van der Waals surface area contributed by atoms with E-state index in [0.717, 1.165) is 41.1 Å². The van der Waals surface area contributed by atoms with E-state index in [1.54, 1.807) is 0 Å². The molecular formula is C33H33F17O2S. The molecule has 0 N–H and O–H groups in total. The average Bonchev–Trinajstić information content (AvgIpc) is 3.02. The minimum absolute atomic E-state index is 0.0150. The number of hydrogen-bond acceptors (Lipinski definition) is 3. The highest BCUT2D eigenvalue weighted by Crippen LogP contribution is 2.64. The van der Waals surface area contributed by atoms with Crippen molar-refractivity contribution in [3.8, 4) is 0 Å². The molecule has 0 saturated carbocycles. The van der Waals surface area contributed by atoms with E-state index in [4.69, 9.17) is 4.74 Å². The number of ether oxygens (including phenoxy) is 1. The zero-order chi connectivity index (χ0) is 41.3. The van der Waals surface area contributed by atoms with E-state index < -0.39 is 72.0 Å². The number of aryl methyl sites for hydroxylation is 1. The molecule has 0 saturated heterocycles. The van der Waals surface area contributed by atoms with Crippen LogP contribution in [0.15, 0.2) is 53.4 Å². The van der Waals surface area contributed by atoms with Crippen molar-refractivity contribution >= 4 is 17.7 Å². The summed E-state index contributed by atoms with van der Waals surface area (Å²) in [5, 5.41) is -0.175. The third-order valence-corrected chi connectivity index (χ3v) is 9.25. The molecule has 0 heterocycles. The van der Waals surface area contributed by atoms with E-state index in [2.05, 4.69) is 0 Å². The first-order chi connectivity index (χ1) is 23.7. The van der Waals surface area contributed by atoms with Gasteiger partial charge in [0.2, 0.25) is 0 Å². The van der Waals surface area contributed by atoms with Crippen LogP contribution < -0.4 is 0 Å². The Kier molecular flexibility index (Phi) is 13.7. The highest BCUT2D eigenvalue weighted by atomic mass is 32.2. The van der Waals surface area contributed by atoms with Crippen LogP contribution in [-0.2, 0) is 28.0 Å². The van der Waals surface area contributed by atoms with Crippen LogP contribution in [0.2, 0.25) is 0 Å². The van der Waals surface area contributed by atoms with Crippen LogP contribution in [0, 0.1) is 0 Å². The predicted octanol–water partition coefficient (Wildman–Crippen LogP) is 12.3. The van der Waals surface area contributed by atoms with E-state index in [1.165, 1.54) is 11.8 Å². The van der Waals surface area contributed by atoms with Gasteiger partial charge in [-0.2, -0.15) is 74.6 Å². The molecule has 0 aromatic heterocycles. The quantitative estimate of drug-likeness (QED) is 0.0904. The van der Waals surface area contributed by atoms with Crippen LogP contribution in [0.3, 0.4) is 0 Å². The molecule has 0 amide bonds. The number of carbonyl (C=O) groups excluding carboxylic acids is 1. The van der Waals surface area contributed by atoms with Crippen LogP contribution in [0.5, 0.6) is 0 Å². The number of benzene rings is 2. The molecule has 0 fully saturated rings. The molecule has 0 bridgehead atoms. The summed E-state index contributed by atoms with van der Waals surface area (Å²) < 4.78 is 235. The lowest BCUT2D eigenvalue weighted by atomic mass is 9.87. The predicted molar refractivity (Wildman–Crippen MR) is 160 cm³/mol. The van der Waals surface area contributed by atoms with Crippen LogP contribution in [0.1, 0.15) is 70.1 Å². The molecule has 0 radical (unpaired) electrons. The Labute approximate surface area is 296 Å². The molecule has 20 heteroatoms. The zero-order valence-corrected chi connectivity index (χ0v) is 28.9. The summed E-state index contributed by atoms with van der Waals surface area (Å²) in [5.74, 6) is -57.1. The fourth-order valence-electron chi connectivity index (χ4n) is 4.62. The van der Waals surface area contributed by atoms with Crippen molar-refractivity contribution in [2.45, 2.75) is 130 Å². The summed E-state index contributed by atoms with van der Waals surface area (Å²) in [4.78, 5) is 13.4. The van der Waals surface area contributed by atoms with E-state index in [1.807, 2.05) is 52.0 Å². The molecule has 2 nitrogen and oxygen atoms in total. The minimum Gasteiger partial charge on any atom is -0.461 e. The number of hydrogen-bond donors (Lipinski definition) is 0. The Bertz CT molecular complexity index is 1510. The second-order valence-electron chi connectivity index (χ2n) is 13.1. The van der Waals surface area contributed by atoms with Crippen molar-refractivity contribution in [3.05, 3.63) is 65.2 Å². The second-order valence-corrected chi connectivity index (χ2v) is 14.5. The highest BCUT2D eigenvalue weighted by Gasteiger charge is 2.95. The molecule has 1 unspecified atom stereocenters. The summed E-state index contributed by atoms with van der Waals surface area (Å²) >= 11 is 1.45. The lowest BCUT2D eigenvalue weighted by Crippen LogP contribution is -2.74. The lowest BCUT2D eigenvalue weighted by Gasteiger charge is -2.42. The van der Waals surface area contributed by atoms with Crippen molar-refractivity contribution in [2.75, 3.05) is 0 Å². The van der Waals surface area contributed by atoms with E-state index >= 15 is 0 Å². The number of alkyl halides is 17. The van der Waals surface area contributed by atoms with Gasteiger partial charge in [-0.25, -0.2) is 0 Å². The molecule has 0 spiro atoms. The van der Waals surface area contributed by atoms with E-state index in [9.17, 15) is 79.4 Å². The first-order valence-corrected chi connectivity index (χ1v) is 16.3. The van der Waals surface area contributed by atoms with Crippen LogP contribution in [0.25, 0.3) is 0 Å². The third-order valence-electron chi connectivity index (χ3n) is 7.97. The summed E-state index contributed by atoms with van der Waals surface area (Å²) in [5.41, 5.74) is 0.831. The number of carbonyl (C=O) groups is 1. The van der Waals surface area contributed by atoms with Crippen molar-refractivity contribution in [1.82, 2.24) is 0 Å². The molecule has 0 aliphatic rings. The molecule has 2 aromatic rings. The highest BCUT2D eigenvalue weighted by molar-refractivity contribution is 8.00. The summed E-state index contributed by atoms with van der Waals surface area (Å²) in [6, 6.07) is 11.8. The first-order valence-electron chi connectivity index (χ1n) is 15.4. The van der Waals surface area contributed by atoms with Crippen molar-refractivity contribution < 1.29 is 84.2 Å². The number of halogens is 17. The van der Waals surface area contributed by atoms with Gasteiger partial charge in [0.15, 0.2) is 0 Å². The molecule has 53 heavy (non-hydrogen) atoms. The molecule has 0 aliphatic heterocycles. The minimum atomic E-state index is -8.66. The van der Waals surface area contributed by atoms with Gasteiger partial charge < -0.3 is 4.74 Å². The fourth-order valence-corrected chi connectivity index (χ4v) is 5.87. The van der Waals surface area contributed by atoms with Gasteiger partial charge in [0.1, 0.15) is 6.61 Å². The second kappa shape index (κ2) is 15.7. The Morgan fingerprint density at radius 3 is 1.49 bits per heavy atom. The van der Waals surface area contributed by atoms with Crippen molar-refractivity contribution in [3.63, 3.8) is 0 Å². The Balaban J connectivity index is 2.10. The molecule has 2 rings (SSSR count). The maximum atomic E-state index is 14.3. The molecule has 302 valence electrons. The molecule has 1 atom stereocenters. The first kappa shape index (κ1) is 46.2. The standard InChI is InChI=1S/C33H33F17O2S/c1-5-6-23(53-22-13-11-21(12-14-22)25(2,3)4)17-24(51)52-18-20-9-7-19(8-10-20)15-16-26(34,35)27(36,37)28(38,39)29(40,41)30(42,43)31(44,45)32(46,47)33(48,49)50/h7-14,23H,5-6,15-18H2,1-4H3. The molecule has 0 aliphatic carbocycles.